The van der Waals surface area contributed by atoms with Crippen molar-refractivity contribution in [1.29, 1.82) is 0 Å². The SMILES string of the molecule is COc1ccc(/C=C2\SC(=Nc3ccccc3)N(Cc3ccco3)C2=O)cc1. The number of aliphatic imine (C=N–C) groups is 1. The molecular weight excluding hydrogens is 372 g/mol. The zero-order valence-electron chi connectivity index (χ0n) is 15.2. The summed E-state index contributed by atoms with van der Waals surface area (Å²) < 4.78 is 10.6. The van der Waals surface area contributed by atoms with E-state index in [1.165, 1.54) is 11.8 Å². The Morgan fingerprint density at radius 3 is 2.54 bits per heavy atom. The summed E-state index contributed by atoms with van der Waals surface area (Å²) >= 11 is 1.36. The first-order valence-corrected chi connectivity index (χ1v) is 9.56. The quantitative estimate of drug-likeness (QED) is 0.569. The van der Waals surface area contributed by atoms with Crippen LogP contribution in [0.4, 0.5) is 5.69 Å². The number of carbonyl (C=O) groups excluding carboxylic acids is 1. The minimum Gasteiger partial charge on any atom is -0.497 e. The average molecular weight is 390 g/mol. The number of benzene rings is 2. The van der Waals surface area contributed by atoms with Crippen molar-refractivity contribution in [2.75, 3.05) is 7.11 Å². The maximum Gasteiger partial charge on any atom is 0.267 e. The lowest BCUT2D eigenvalue weighted by molar-refractivity contribution is -0.122. The minimum absolute atomic E-state index is 0.0908. The van der Waals surface area contributed by atoms with E-state index in [1.807, 2.05) is 72.8 Å². The molecule has 140 valence electrons. The first-order valence-electron chi connectivity index (χ1n) is 8.74. The lowest BCUT2D eigenvalue weighted by Gasteiger charge is -2.13. The van der Waals surface area contributed by atoms with Crippen molar-refractivity contribution in [2.24, 2.45) is 4.99 Å². The van der Waals surface area contributed by atoms with Crippen LogP contribution in [0.5, 0.6) is 5.75 Å². The molecule has 28 heavy (non-hydrogen) atoms. The van der Waals surface area contributed by atoms with E-state index in [1.54, 1.807) is 18.3 Å². The summed E-state index contributed by atoms with van der Waals surface area (Å²) in [5.41, 5.74) is 1.73. The standard InChI is InChI=1S/C22H18N2O3S/c1-26-18-11-9-16(10-12-18)14-20-21(25)24(15-19-8-5-13-27-19)22(28-20)23-17-6-3-2-4-7-17/h2-14H,15H2,1H3/b20-14-,23-22?. The van der Waals surface area contributed by atoms with Crippen molar-refractivity contribution in [3.8, 4) is 5.75 Å². The Kier molecular flexibility index (Phi) is 5.30. The summed E-state index contributed by atoms with van der Waals surface area (Å²) in [7, 11) is 1.63. The van der Waals surface area contributed by atoms with Gasteiger partial charge in [0.2, 0.25) is 0 Å². The van der Waals surface area contributed by atoms with Crippen LogP contribution >= 0.6 is 11.8 Å². The molecule has 1 saturated heterocycles. The van der Waals surface area contributed by atoms with Gasteiger partial charge < -0.3 is 9.15 Å². The van der Waals surface area contributed by atoms with E-state index < -0.39 is 0 Å². The van der Waals surface area contributed by atoms with E-state index in [2.05, 4.69) is 4.99 Å². The molecule has 0 spiro atoms. The van der Waals surface area contributed by atoms with Gasteiger partial charge in [-0.25, -0.2) is 4.99 Å². The Bertz CT molecular complexity index is 1010. The van der Waals surface area contributed by atoms with Gasteiger partial charge in [-0.1, -0.05) is 30.3 Å². The van der Waals surface area contributed by atoms with E-state index in [9.17, 15) is 4.79 Å². The van der Waals surface area contributed by atoms with Crippen molar-refractivity contribution in [1.82, 2.24) is 4.90 Å². The first-order chi connectivity index (χ1) is 13.7. The molecule has 1 aliphatic rings. The number of para-hydroxylation sites is 1. The van der Waals surface area contributed by atoms with Crippen molar-refractivity contribution in [3.05, 3.63) is 89.2 Å². The van der Waals surface area contributed by atoms with E-state index in [-0.39, 0.29) is 5.91 Å². The lowest BCUT2D eigenvalue weighted by Crippen LogP contribution is -2.28. The summed E-state index contributed by atoms with van der Waals surface area (Å²) in [6.07, 6.45) is 3.47. The van der Waals surface area contributed by atoms with Gasteiger partial charge in [0.25, 0.3) is 5.91 Å². The molecule has 0 unspecified atom stereocenters. The molecule has 3 aromatic rings. The van der Waals surface area contributed by atoms with Crippen LogP contribution in [0.25, 0.3) is 6.08 Å². The van der Waals surface area contributed by atoms with Crippen LogP contribution in [0.1, 0.15) is 11.3 Å². The van der Waals surface area contributed by atoms with Gasteiger partial charge in [-0.05, 0) is 59.8 Å². The van der Waals surface area contributed by atoms with Crippen LogP contribution in [0.15, 0.2) is 87.3 Å². The molecule has 1 amide bonds. The third-order valence-corrected chi connectivity index (χ3v) is 5.18. The number of methoxy groups -OCH3 is 1. The van der Waals surface area contributed by atoms with Gasteiger partial charge in [-0.15, -0.1) is 0 Å². The van der Waals surface area contributed by atoms with Crippen LogP contribution < -0.4 is 4.74 Å². The van der Waals surface area contributed by atoms with Gasteiger partial charge in [-0.3, -0.25) is 9.69 Å². The highest BCUT2D eigenvalue weighted by molar-refractivity contribution is 8.18. The average Bonchev–Trinajstić information content (AvgIpc) is 3.34. The zero-order valence-corrected chi connectivity index (χ0v) is 16.1. The molecule has 0 bridgehead atoms. The molecule has 0 aliphatic carbocycles. The molecule has 6 heteroatoms. The third-order valence-electron chi connectivity index (χ3n) is 4.18. The molecule has 4 rings (SSSR count). The van der Waals surface area contributed by atoms with Crippen LogP contribution in [-0.2, 0) is 11.3 Å². The zero-order chi connectivity index (χ0) is 19.3. The van der Waals surface area contributed by atoms with Gasteiger partial charge in [0.05, 0.1) is 30.5 Å². The molecule has 0 saturated carbocycles. The van der Waals surface area contributed by atoms with Gasteiger partial charge in [-0.2, -0.15) is 0 Å². The molecule has 1 aliphatic heterocycles. The van der Waals surface area contributed by atoms with E-state index in [0.717, 1.165) is 17.0 Å². The van der Waals surface area contributed by atoms with Gasteiger partial charge >= 0.3 is 0 Å². The van der Waals surface area contributed by atoms with Crippen LogP contribution in [0.3, 0.4) is 0 Å². The largest absolute Gasteiger partial charge is 0.497 e. The Balaban J connectivity index is 1.66. The van der Waals surface area contributed by atoms with Crippen LogP contribution in [0.2, 0.25) is 0 Å². The number of ether oxygens (including phenoxy) is 1. The normalized spacial score (nSPS) is 16.9. The number of amides is 1. The topological polar surface area (TPSA) is 55.0 Å². The predicted molar refractivity (Wildman–Crippen MR) is 111 cm³/mol. The molecule has 2 heterocycles. The monoisotopic (exact) mass is 390 g/mol. The van der Waals surface area contributed by atoms with Gasteiger partial charge in [0.1, 0.15) is 11.5 Å². The van der Waals surface area contributed by atoms with Crippen molar-refractivity contribution in [3.63, 3.8) is 0 Å². The minimum atomic E-state index is -0.0908. The summed E-state index contributed by atoms with van der Waals surface area (Å²) in [5, 5.41) is 0.632. The Hall–Kier alpha value is -3.25. The highest BCUT2D eigenvalue weighted by atomic mass is 32.2. The van der Waals surface area contributed by atoms with Crippen molar-refractivity contribution < 1.29 is 13.9 Å². The summed E-state index contributed by atoms with van der Waals surface area (Å²) in [5.74, 6) is 1.39. The Morgan fingerprint density at radius 2 is 1.86 bits per heavy atom. The number of hydrogen-bond acceptors (Lipinski definition) is 5. The third kappa shape index (κ3) is 4.02. The molecule has 1 fully saturated rings. The number of hydrogen-bond donors (Lipinski definition) is 0. The van der Waals surface area contributed by atoms with Crippen molar-refractivity contribution in [2.45, 2.75) is 6.54 Å². The molecule has 0 radical (unpaired) electrons. The number of furan rings is 1. The predicted octanol–water partition coefficient (Wildman–Crippen LogP) is 5.09. The van der Waals surface area contributed by atoms with E-state index in [4.69, 9.17) is 9.15 Å². The summed E-state index contributed by atoms with van der Waals surface area (Å²) in [6, 6.07) is 20.8. The fourth-order valence-electron chi connectivity index (χ4n) is 2.75. The second-order valence-electron chi connectivity index (χ2n) is 6.08. The van der Waals surface area contributed by atoms with E-state index >= 15 is 0 Å². The van der Waals surface area contributed by atoms with Gasteiger partial charge in [0.15, 0.2) is 5.17 Å². The Labute approximate surface area is 167 Å². The maximum atomic E-state index is 13.0. The lowest BCUT2D eigenvalue weighted by atomic mass is 10.2. The van der Waals surface area contributed by atoms with Gasteiger partial charge in [0, 0.05) is 0 Å². The second kappa shape index (κ2) is 8.19. The molecule has 2 aromatic carbocycles. The molecule has 5 nitrogen and oxygen atoms in total. The Morgan fingerprint density at radius 1 is 1.07 bits per heavy atom. The molecular formula is C22H18N2O3S. The molecule has 1 aromatic heterocycles. The van der Waals surface area contributed by atoms with Crippen molar-refractivity contribution >= 4 is 34.6 Å². The smallest absolute Gasteiger partial charge is 0.267 e. The number of rotatable bonds is 5. The number of nitrogens with zero attached hydrogens (tertiary/aromatic N) is 2. The highest BCUT2D eigenvalue weighted by Gasteiger charge is 2.34. The number of carbonyl (C=O) groups is 1. The van der Waals surface area contributed by atoms with E-state index in [0.29, 0.717) is 22.4 Å². The fourth-order valence-corrected chi connectivity index (χ4v) is 3.75. The fraction of sp³-hybridized carbons (Fsp3) is 0.0909. The summed E-state index contributed by atoms with van der Waals surface area (Å²) in [4.78, 5) is 20.0. The number of thioether (sulfide) groups is 1. The molecule has 0 atom stereocenters. The van der Waals surface area contributed by atoms with Crippen LogP contribution in [0, 0.1) is 0 Å². The number of amidine groups is 1. The van der Waals surface area contributed by atoms with Crippen LogP contribution in [-0.4, -0.2) is 23.1 Å². The highest BCUT2D eigenvalue weighted by Crippen LogP contribution is 2.35. The molecule has 0 N–H and O–H groups in total. The maximum absolute atomic E-state index is 13.0. The first kappa shape index (κ1) is 18.1. The second-order valence-corrected chi connectivity index (χ2v) is 7.09. The summed E-state index contributed by atoms with van der Waals surface area (Å²) in [6.45, 7) is 0.338.